The van der Waals surface area contributed by atoms with Crippen molar-refractivity contribution in [3.8, 4) is 0 Å². The molecule has 0 saturated carbocycles. The molecule has 2 aliphatic heterocycles. The fourth-order valence-corrected chi connectivity index (χ4v) is 6.16. The number of halogens is 2. The van der Waals surface area contributed by atoms with Gasteiger partial charge in [0.25, 0.3) is 0 Å². The van der Waals surface area contributed by atoms with Crippen LogP contribution in [0.4, 0.5) is 16.2 Å². The van der Waals surface area contributed by atoms with Crippen molar-refractivity contribution in [3.63, 3.8) is 0 Å². The van der Waals surface area contributed by atoms with Gasteiger partial charge < -0.3 is 19.4 Å². The van der Waals surface area contributed by atoms with E-state index in [1.807, 2.05) is 47.1 Å². The number of aryl methyl sites for hydroxylation is 1. The number of likely N-dealkylation sites (tertiary alicyclic amines) is 2. The van der Waals surface area contributed by atoms with E-state index in [1.165, 1.54) is 5.56 Å². The molecule has 0 aliphatic carbocycles. The zero-order valence-corrected chi connectivity index (χ0v) is 27.2. The predicted molar refractivity (Wildman–Crippen MR) is 175 cm³/mol. The van der Waals surface area contributed by atoms with Crippen molar-refractivity contribution in [2.24, 2.45) is 11.8 Å². The Labute approximate surface area is 267 Å². The minimum Gasteiger partial charge on any atom is -0.450 e. The van der Waals surface area contributed by atoms with Crippen LogP contribution >= 0.6 is 24.0 Å². The first-order valence-corrected chi connectivity index (χ1v) is 15.7. The molecule has 2 aromatic carbocycles. The van der Waals surface area contributed by atoms with Gasteiger partial charge in [-0.1, -0.05) is 29.8 Å². The van der Waals surface area contributed by atoms with Crippen molar-refractivity contribution in [1.82, 2.24) is 9.80 Å². The number of carbonyl (C=O) groups is 3. The van der Waals surface area contributed by atoms with Gasteiger partial charge in [-0.3, -0.25) is 14.9 Å². The van der Waals surface area contributed by atoms with Gasteiger partial charge in [0, 0.05) is 48.9 Å². The molecule has 2 heterocycles. The summed E-state index contributed by atoms with van der Waals surface area (Å²) in [5, 5.41) is 3.41. The number of ether oxygens (including phenoxy) is 1. The first-order valence-electron chi connectivity index (χ1n) is 15.3. The number of carbonyl (C=O) groups excluding carboxylic acids is 3. The minimum atomic E-state index is -0.428. The number of anilines is 2. The number of nitrogens with one attached hydrogen (secondary N) is 1. The van der Waals surface area contributed by atoms with E-state index in [0.29, 0.717) is 50.0 Å². The molecule has 0 radical (unpaired) electrons. The highest BCUT2D eigenvalue weighted by Crippen LogP contribution is 2.28. The molecular weight excluding hydrogens is 587 g/mol. The normalized spacial score (nSPS) is 16.3. The molecule has 10 heteroatoms. The molecule has 1 N–H and O–H groups in total. The van der Waals surface area contributed by atoms with E-state index >= 15 is 0 Å². The van der Waals surface area contributed by atoms with Gasteiger partial charge in [0.2, 0.25) is 11.8 Å². The van der Waals surface area contributed by atoms with Crippen molar-refractivity contribution < 1.29 is 19.1 Å². The van der Waals surface area contributed by atoms with E-state index < -0.39 is 6.09 Å². The summed E-state index contributed by atoms with van der Waals surface area (Å²) >= 11 is 6.46. The highest BCUT2D eigenvalue weighted by Gasteiger charge is 2.30. The number of piperidine rings is 2. The van der Waals surface area contributed by atoms with Crippen LogP contribution in [0.15, 0.2) is 42.5 Å². The van der Waals surface area contributed by atoms with Crippen LogP contribution in [0.2, 0.25) is 5.02 Å². The van der Waals surface area contributed by atoms with E-state index in [-0.39, 0.29) is 30.1 Å². The van der Waals surface area contributed by atoms with Crippen LogP contribution in [0, 0.1) is 18.8 Å². The van der Waals surface area contributed by atoms with Gasteiger partial charge in [0.15, 0.2) is 0 Å². The number of rotatable bonds is 10. The van der Waals surface area contributed by atoms with Crippen LogP contribution < -0.4 is 10.2 Å². The van der Waals surface area contributed by atoms with Crippen molar-refractivity contribution in [3.05, 3.63) is 58.6 Å². The quantitative estimate of drug-likeness (QED) is 0.320. The summed E-state index contributed by atoms with van der Waals surface area (Å²) < 4.78 is 4.94. The van der Waals surface area contributed by atoms with Crippen LogP contribution in [0.1, 0.15) is 57.1 Å². The third kappa shape index (κ3) is 10.1. The molecule has 2 aliphatic rings. The summed E-state index contributed by atoms with van der Waals surface area (Å²) in [7, 11) is 0. The summed E-state index contributed by atoms with van der Waals surface area (Å²) in [6.07, 6.45) is 5.19. The van der Waals surface area contributed by atoms with Crippen molar-refractivity contribution >= 4 is 53.3 Å². The zero-order valence-electron chi connectivity index (χ0n) is 25.6. The van der Waals surface area contributed by atoms with Gasteiger partial charge in [-0.05, 0) is 113 Å². The average Bonchev–Trinajstić information content (AvgIpc) is 2.98. The van der Waals surface area contributed by atoms with Crippen LogP contribution in [-0.4, -0.2) is 73.6 Å². The molecule has 0 atom stereocenters. The standard InChI is InChI=1S/C33H45ClN4O4.ClH/c1-4-42-33(41)35-29-9-7-26(8-10-29)22-27-12-18-36(19-13-27)16-5-17-38(30-11-6-24(2)31(34)23-30)32(40)28-14-20-37(21-15-28)25(3)39;/h6-11,23,27-28H,4-5,12-22H2,1-3H3,(H,35,41);1H. The van der Waals surface area contributed by atoms with E-state index in [9.17, 15) is 14.4 Å². The maximum atomic E-state index is 13.7. The van der Waals surface area contributed by atoms with Crippen LogP contribution in [0.3, 0.4) is 0 Å². The Balaban J connectivity index is 0.00000506. The lowest BCUT2D eigenvalue weighted by atomic mass is 9.90. The number of hydrogen-bond acceptors (Lipinski definition) is 5. The van der Waals surface area contributed by atoms with E-state index in [4.69, 9.17) is 16.3 Å². The number of nitrogens with zero attached hydrogens (tertiary/aromatic N) is 3. The summed E-state index contributed by atoms with van der Waals surface area (Å²) in [6.45, 7) is 10.7. The molecule has 2 saturated heterocycles. The van der Waals surface area contributed by atoms with Crippen molar-refractivity contribution in [2.45, 2.75) is 59.3 Å². The average molecular weight is 634 g/mol. The monoisotopic (exact) mass is 632 g/mol. The van der Waals surface area contributed by atoms with Gasteiger partial charge in [-0.25, -0.2) is 4.79 Å². The second kappa shape index (κ2) is 16.9. The Hall–Kier alpha value is -2.81. The lowest BCUT2D eigenvalue weighted by Crippen LogP contribution is -2.45. The Morgan fingerprint density at radius 2 is 1.67 bits per heavy atom. The van der Waals surface area contributed by atoms with Gasteiger partial charge >= 0.3 is 6.09 Å². The molecule has 0 spiro atoms. The molecule has 2 fully saturated rings. The Morgan fingerprint density at radius 1 is 1.00 bits per heavy atom. The largest absolute Gasteiger partial charge is 0.450 e. The third-order valence-electron chi connectivity index (χ3n) is 8.59. The lowest BCUT2D eigenvalue weighted by molar-refractivity contribution is -0.133. The van der Waals surface area contributed by atoms with Crippen LogP contribution in [-0.2, 0) is 20.7 Å². The van der Waals surface area contributed by atoms with Gasteiger partial charge in [0.1, 0.15) is 0 Å². The third-order valence-corrected chi connectivity index (χ3v) is 8.99. The highest BCUT2D eigenvalue weighted by molar-refractivity contribution is 6.31. The molecule has 4 rings (SSSR count). The molecule has 3 amide bonds. The van der Waals surface area contributed by atoms with Crippen LogP contribution in [0.5, 0.6) is 0 Å². The SMILES string of the molecule is CCOC(=O)Nc1ccc(CC2CCN(CCCN(C(=O)C3CCN(C(C)=O)CC3)c3ccc(C)c(Cl)c3)CC2)cc1.Cl. The highest BCUT2D eigenvalue weighted by atomic mass is 35.5. The second-order valence-corrected chi connectivity index (χ2v) is 12.0. The van der Waals surface area contributed by atoms with Gasteiger partial charge in [-0.15, -0.1) is 12.4 Å². The Morgan fingerprint density at radius 3 is 2.28 bits per heavy atom. The number of benzene rings is 2. The van der Waals surface area contributed by atoms with Crippen LogP contribution in [0.25, 0.3) is 0 Å². The molecule has 236 valence electrons. The molecular formula is C33H46Cl2N4O4. The molecule has 2 aromatic rings. The molecule has 0 aromatic heterocycles. The minimum absolute atomic E-state index is 0. The summed E-state index contributed by atoms with van der Waals surface area (Å²) in [5.41, 5.74) is 3.87. The van der Waals surface area contributed by atoms with E-state index in [2.05, 4.69) is 22.3 Å². The maximum Gasteiger partial charge on any atom is 0.411 e. The second-order valence-electron chi connectivity index (χ2n) is 11.6. The number of amides is 3. The predicted octanol–water partition coefficient (Wildman–Crippen LogP) is 6.57. The molecule has 0 unspecified atom stereocenters. The first-order chi connectivity index (χ1) is 20.2. The van der Waals surface area contributed by atoms with Crippen molar-refractivity contribution in [2.75, 3.05) is 56.1 Å². The van der Waals surface area contributed by atoms with Gasteiger partial charge in [-0.2, -0.15) is 0 Å². The summed E-state index contributed by atoms with van der Waals surface area (Å²) in [6, 6.07) is 13.9. The molecule has 8 nitrogen and oxygen atoms in total. The fourth-order valence-electron chi connectivity index (χ4n) is 5.99. The van der Waals surface area contributed by atoms with Crippen molar-refractivity contribution in [1.29, 1.82) is 0 Å². The zero-order chi connectivity index (χ0) is 30.1. The maximum absolute atomic E-state index is 13.7. The Bertz CT molecular complexity index is 1210. The summed E-state index contributed by atoms with van der Waals surface area (Å²) in [4.78, 5) is 43.4. The van der Waals surface area contributed by atoms with Gasteiger partial charge in [0.05, 0.1) is 6.61 Å². The topological polar surface area (TPSA) is 82.2 Å². The first kappa shape index (κ1) is 34.7. The smallest absolute Gasteiger partial charge is 0.411 e. The number of hydrogen-bond donors (Lipinski definition) is 1. The Kier molecular flexibility index (Phi) is 13.6. The lowest BCUT2D eigenvalue weighted by Gasteiger charge is -2.35. The molecule has 0 bridgehead atoms. The molecule has 43 heavy (non-hydrogen) atoms. The fraction of sp³-hybridized carbons (Fsp3) is 0.545. The van der Waals surface area contributed by atoms with E-state index in [1.54, 1.807) is 13.8 Å². The van der Waals surface area contributed by atoms with E-state index in [0.717, 1.165) is 62.3 Å². The summed E-state index contributed by atoms with van der Waals surface area (Å²) in [5.74, 6) is 0.776.